The molecule has 0 aliphatic carbocycles. The Morgan fingerprint density at radius 1 is 1.21 bits per heavy atom. The number of hydrogen-bond acceptors (Lipinski definition) is 4. The molecular formula is C18H27N3O3. The first-order valence-electron chi connectivity index (χ1n) is 8.86. The van der Waals surface area contributed by atoms with Gasteiger partial charge in [-0.2, -0.15) is 0 Å². The molecule has 3 heterocycles. The molecule has 2 aliphatic heterocycles. The highest BCUT2D eigenvalue weighted by atomic mass is 16.5. The van der Waals surface area contributed by atoms with Gasteiger partial charge in [-0.1, -0.05) is 0 Å². The molecule has 24 heavy (non-hydrogen) atoms. The summed E-state index contributed by atoms with van der Waals surface area (Å²) >= 11 is 0. The number of ether oxygens (including phenoxy) is 1. The summed E-state index contributed by atoms with van der Waals surface area (Å²) in [4.78, 5) is 31.3. The molecule has 1 atom stereocenters. The Labute approximate surface area is 142 Å². The van der Waals surface area contributed by atoms with Crippen LogP contribution < -0.4 is 5.56 Å². The minimum absolute atomic E-state index is 0.0262. The van der Waals surface area contributed by atoms with E-state index in [0.717, 1.165) is 57.9 Å². The molecule has 3 rings (SSSR count). The summed E-state index contributed by atoms with van der Waals surface area (Å²) in [6, 6.07) is 3.69. The second-order valence-corrected chi connectivity index (χ2v) is 6.93. The van der Waals surface area contributed by atoms with Crippen LogP contribution in [0.5, 0.6) is 0 Å². The zero-order chi connectivity index (χ0) is 17.1. The maximum atomic E-state index is 12.6. The summed E-state index contributed by atoms with van der Waals surface area (Å²) in [5.74, 6) is 0.592. The zero-order valence-electron chi connectivity index (χ0n) is 14.6. The van der Waals surface area contributed by atoms with Crippen LogP contribution >= 0.6 is 0 Å². The van der Waals surface area contributed by atoms with Crippen molar-refractivity contribution in [1.29, 1.82) is 0 Å². The Bertz CT molecular complexity index is 629. The Hall–Kier alpha value is -1.66. The highest BCUT2D eigenvalue weighted by Crippen LogP contribution is 2.25. The maximum Gasteiger partial charge on any atom is 0.254 e. The molecule has 2 aliphatic rings. The average molecular weight is 333 g/mol. The molecule has 0 saturated carbocycles. The number of aromatic amines is 1. The van der Waals surface area contributed by atoms with Gasteiger partial charge in [-0.05, 0) is 38.7 Å². The molecule has 1 aromatic rings. The number of piperidine rings is 1. The molecule has 0 unspecified atom stereocenters. The van der Waals surface area contributed by atoms with Crippen LogP contribution in [0, 0.1) is 12.8 Å². The third-order valence-corrected chi connectivity index (χ3v) is 5.36. The molecule has 1 N–H and O–H groups in total. The number of carbonyl (C=O) groups is 1. The quantitative estimate of drug-likeness (QED) is 0.904. The number of aryl methyl sites for hydroxylation is 1. The highest BCUT2D eigenvalue weighted by Gasteiger charge is 2.30. The molecule has 2 saturated heterocycles. The van der Waals surface area contributed by atoms with Gasteiger partial charge in [0, 0.05) is 49.5 Å². The van der Waals surface area contributed by atoms with E-state index in [0.29, 0.717) is 17.5 Å². The summed E-state index contributed by atoms with van der Waals surface area (Å²) in [7, 11) is 0. The molecule has 0 radical (unpaired) electrons. The fourth-order valence-corrected chi connectivity index (χ4v) is 3.86. The van der Waals surface area contributed by atoms with Gasteiger partial charge in [-0.25, -0.2) is 0 Å². The summed E-state index contributed by atoms with van der Waals surface area (Å²) in [6.45, 7) is 9.29. The van der Waals surface area contributed by atoms with Crippen molar-refractivity contribution in [2.75, 3.05) is 39.4 Å². The van der Waals surface area contributed by atoms with Crippen molar-refractivity contribution < 1.29 is 9.53 Å². The third-order valence-electron chi connectivity index (χ3n) is 5.36. The van der Waals surface area contributed by atoms with Gasteiger partial charge in [0.2, 0.25) is 5.56 Å². The van der Waals surface area contributed by atoms with E-state index in [1.165, 1.54) is 6.07 Å². The molecule has 0 aromatic carbocycles. The molecule has 2 fully saturated rings. The molecule has 1 amide bonds. The summed E-state index contributed by atoms with van der Waals surface area (Å²) in [6.07, 6.45) is 2.04. The second-order valence-electron chi connectivity index (χ2n) is 6.93. The van der Waals surface area contributed by atoms with Gasteiger partial charge >= 0.3 is 0 Å². The van der Waals surface area contributed by atoms with Gasteiger partial charge in [0.05, 0.1) is 13.2 Å². The van der Waals surface area contributed by atoms with Gasteiger partial charge in [-0.15, -0.1) is 0 Å². The van der Waals surface area contributed by atoms with E-state index in [-0.39, 0.29) is 11.5 Å². The normalized spacial score (nSPS) is 21.7. The van der Waals surface area contributed by atoms with Crippen molar-refractivity contribution >= 4 is 5.91 Å². The van der Waals surface area contributed by atoms with E-state index < -0.39 is 0 Å². The van der Waals surface area contributed by atoms with E-state index in [1.807, 2.05) is 4.90 Å². The number of aromatic nitrogens is 1. The van der Waals surface area contributed by atoms with Crippen LogP contribution in [0.4, 0.5) is 0 Å². The number of amides is 1. The van der Waals surface area contributed by atoms with Crippen molar-refractivity contribution in [3.63, 3.8) is 0 Å². The summed E-state index contributed by atoms with van der Waals surface area (Å²) in [5, 5.41) is 0. The number of pyridine rings is 1. The number of likely N-dealkylation sites (tertiary alicyclic amines) is 1. The van der Waals surface area contributed by atoms with Crippen molar-refractivity contribution in [3.8, 4) is 0 Å². The van der Waals surface area contributed by atoms with Gasteiger partial charge < -0.3 is 14.6 Å². The standard InChI is InChI=1S/C18H27N3O3/c1-13-11-16(12-17(22)19-13)18(23)21-5-3-15(4-6-21)14(2)20-7-9-24-10-8-20/h11-12,14-15H,3-10H2,1-2H3,(H,19,22)/t14-/m1/s1. The summed E-state index contributed by atoms with van der Waals surface area (Å²) in [5.41, 5.74) is 1.01. The first-order valence-corrected chi connectivity index (χ1v) is 8.86. The average Bonchev–Trinajstić information content (AvgIpc) is 2.60. The number of nitrogens with one attached hydrogen (secondary N) is 1. The molecule has 6 heteroatoms. The van der Waals surface area contributed by atoms with E-state index in [1.54, 1.807) is 13.0 Å². The number of H-pyrrole nitrogens is 1. The Balaban J connectivity index is 1.58. The second kappa shape index (κ2) is 7.49. The Morgan fingerprint density at radius 3 is 2.50 bits per heavy atom. The number of rotatable bonds is 3. The van der Waals surface area contributed by atoms with E-state index in [2.05, 4.69) is 16.8 Å². The number of morpholine rings is 1. The largest absolute Gasteiger partial charge is 0.379 e. The molecule has 0 spiro atoms. The summed E-state index contributed by atoms with van der Waals surface area (Å²) < 4.78 is 5.43. The van der Waals surface area contributed by atoms with Gasteiger partial charge in [0.25, 0.3) is 5.91 Å². The Kier molecular flexibility index (Phi) is 5.36. The molecule has 1 aromatic heterocycles. The van der Waals surface area contributed by atoms with Crippen LogP contribution in [-0.2, 0) is 4.74 Å². The van der Waals surface area contributed by atoms with Crippen molar-refractivity contribution in [3.05, 3.63) is 33.7 Å². The minimum atomic E-state index is -0.214. The first kappa shape index (κ1) is 17.2. The highest BCUT2D eigenvalue weighted by molar-refractivity contribution is 5.94. The van der Waals surface area contributed by atoms with Crippen LogP contribution in [0.25, 0.3) is 0 Å². The van der Waals surface area contributed by atoms with Crippen LogP contribution in [-0.4, -0.2) is 66.1 Å². The number of carbonyl (C=O) groups excluding carboxylic acids is 1. The number of hydrogen-bond donors (Lipinski definition) is 1. The monoisotopic (exact) mass is 333 g/mol. The molecule has 0 bridgehead atoms. The molecule has 6 nitrogen and oxygen atoms in total. The lowest BCUT2D eigenvalue weighted by molar-refractivity contribution is -0.000953. The lowest BCUT2D eigenvalue weighted by Gasteiger charge is -2.41. The predicted octanol–water partition coefficient (Wildman–Crippen LogP) is 1.26. The van der Waals surface area contributed by atoms with Crippen molar-refractivity contribution in [2.24, 2.45) is 5.92 Å². The van der Waals surface area contributed by atoms with Gasteiger partial charge in [0.15, 0.2) is 0 Å². The lowest BCUT2D eigenvalue weighted by atomic mass is 9.89. The van der Waals surface area contributed by atoms with Crippen LogP contribution in [0.2, 0.25) is 0 Å². The van der Waals surface area contributed by atoms with Gasteiger partial charge in [0.1, 0.15) is 0 Å². The van der Waals surface area contributed by atoms with E-state index in [4.69, 9.17) is 4.74 Å². The molecule has 132 valence electrons. The Morgan fingerprint density at radius 2 is 1.88 bits per heavy atom. The van der Waals surface area contributed by atoms with Crippen LogP contribution in [0.3, 0.4) is 0 Å². The minimum Gasteiger partial charge on any atom is -0.379 e. The lowest BCUT2D eigenvalue weighted by Crippen LogP contribution is -2.49. The van der Waals surface area contributed by atoms with Crippen LogP contribution in [0.15, 0.2) is 16.9 Å². The SMILES string of the molecule is Cc1cc(C(=O)N2CCC([C@@H](C)N3CCOCC3)CC2)cc(=O)[nH]1. The predicted molar refractivity (Wildman–Crippen MR) is 92.3 cm³/mol. The zero-order valence-corrected chi connectivity index (χ0v) is 14.6. The maximum absolute atomic E-state index is 12.6. The van der Waals surface area contributed by atoms with Crippen molar-refractivity contribution in [1.82, 2.24) is 14.8 Å². The van der Waals surface area contributed by atoms with E-state index >= 15 is 0 Å². The smallest absolute Gasteiger partial charge is 0.254 e. The first-order chi connectivity index (χ1) is 11.5. The van der Waals surface area contributed by atoms with Crippen LogP contribution in [0.1, 0.15) is 35.8 Å². The topological polar surface area (TPSA) is 65.6 Å². The van der Waals surface area contributed by atoms with E-state index in [9.17, 15) is 9.59 Å². The van der Waals surface area contributed by atoms with Crippen molar-refractivity contribution in [2.45, 2.75) is 32.7 Å². The molecular weight excluding hydrogens is 306 g/mol. The fourth-order valence-electron chi connectivity index (χ4n) is 3.86. The third kappa shape index (κ3) is 3.87. The van der Waals surface area contributed by atoms with Gasteiger partial charge in [-0.3, -0.25) is 14.5 Å². The number of nitrogens with zero attached hydrogens (tertiary/aromatic N) is 2. The fraction of sp³-hybridized carbons (Fsp3) is 0.667.